The van der Waals surface area contributed by atoms with Gasteiger partial charge in [-0.25, -0.2) is 0 Å². The first-order valence-corrected chi connectivity index (χ1v) is 22.4. The van der Waals surface area contributed by atoms with Gasteiger partial charge < -0.3 is 25.5 Å². The Bertz CT molecular complexity index is 2230. The molecule has 0 saturated carbocycles. The van der Waals surface area contributed by atoms with E-state index >= 15 is 0 Å². The highest BCUT2D eigenvalue weighted by atomic mass is 16.3. The Morgan fingerprint density at radius 1 is 0.672 bits per heavy atom. The van der Waals surface area contributed by atoms with Gasteiger partial charge in [0.1, 0.15) is 5.75 Å². The van der Waals surface area contributed by atoms with Crippen molar-refractivity contribution in [2.45, 2.75) is 90.9 Å². The smallest absolute Gasteiger partial charge is 0.261 e. The number of phenols is 1. The molecule has 2 saturated heterocycles. The summed E-state index contributed by atoms with van der Waals surface area (Å²) >= 11 is 0. The minimum absolute atomic E-state index is 0.0117. The number of rotatable bonds is 11. The fraction of sp³-hybridized carbons (Fsp3) is 0.431. The Hall–Kier alpha value is -6.21. The molecule has 3 aliphatic heterocycles. The molecule has 338 valence electrons. The molecule has 0 aliphatic carbocycles. The van der Waals surface area contributed by atoms with Crippen molar-refractivity contribution in [3.05, 3.63) is 119 Å². The van der Waals surface area contributed by atoms with Crippen LogP contribution in [0.15, 0.2) is 91.5 Å². The zero-order chi connectivity index (χ0) is 46.0. The first kappa shape index (κ1) is 47.3. The highest BCUT2D eigenvalue weighted by Crippen LogP contribution is 2.40. The van der Waals surface area contributed by atoms with E-state index in [4.69, 9.17) is 0 Å². The quantitative estimate of drug-likeness (QED) is 0.0768. The van der Waals surface area contributed by atoms with E-state index in [9.17, 15) is 29.1 Å². The van der Waals surface area contributed by atoms with Crippen LogP contribution in [0.1, 0.15) is 117 Å². The predicted octanol–water partition coefficient (Wildman–Crippen LogP) is 8.08. The first-order chi connectivity index (χ1) is 30.5. The summed E-state index contributed by atoms with van der Waals surface area (Å²) in [5.74, 6) is -0.108. The third-order valence-corrected chi connectivity index (χ3v) is 12.2. The summed E-state index contributed by atoms with van der Waals surface area (Å²) in [6, 6.07) is 18.0. The minimum Gasteiger partial charge on any atom is -0.507 e. The average Bonchev–Trinajstić information content (AvgIpc) is 3.52. The van der Waals surface area contributed by atoms with Crippen molar-refractivity contribution in [3.8, 4) is 5.75 Å². The average molecular weight is 870 g/mol. The van der Waals surface area contributed by atoms with Gasteiger partial charge in [-0.2, -0.15) is 0 Å². The molecule has 13 nitrogen and oxygen atoms in total. The van der Waals surface area contributed by atoms with Gasteiger partial charge in [-0.05, 0) is 129 Å². The number of nitrogens with one attached hydrogen (secondary N) is 2. The largest absolute Gasteiger partial charge is 0.507 e. The Morgan fingerprint density at radius 3 is 1.56 bits per heavy atom. The lowest BCUT2D eigenvalue weighted by atomic mass is 9.78. The van der Waals surface area contributed by atoms with Gasteiger partial charge in [0.2, 0.25) is 17.7 Å². The molecule has 3 N–H and O–H groups in total. The molecule has 5 heterocycles. The van der Waals surface area contributed by atoms with Crippen LogP contribution < -0.4 is 10.6 Å². The van der Waals surface area contributed by atoms with Crippen LogP contribution in [0.25, 0.3) is 6.08 Å². The van der Waals surface area contributed by atoms with Gasteiger partial charge in [-0.1, -0.05) is 53.7 Å². The van der Waals surface area contributed by atoms with Crippen LogP contribution in [-0.4, -0.2) is 98.6 Å². The van der Waals surface area contributed by atoms with E-state index in [1.54, 1.807) is 84.3 Å². The van der Waals surface area contributed by atoms with Crippen molar-refractivity contribution >= 4 is 47.0 Å². The van der Waals surface area contributed by atoms with Gasteiger partial charge in [-0.15, -0.1) is 0 Å². The van der Waals surface area contributed by atoms with E-state index in [1.165, 1.54) is 4.90 Å². The van der Waals surface area contributed by atoms with Crippen LogP contribution in [0.3, 0.4) is 0 Å². The second kappa shape index (κ2) is 21.0. The zero-order valence-corrected chi connectivity index (χ0v) is 38.1. The van der Waals surface area contributed by atoms with E-state index in [2.05, 4.69) is 67.0 Å². The number of carbonyl (C=O) groups excluding carboxylic acids is 5. The molecule has 13 heteroatoms. The first-order valence-electron chi connectivity index (χ1n) is 22.4. The summed E-state index contributed by atoms with van der Waals surface area (Å²) in [4.78, 5) is 76.0. The maximum absolute atomic E-state index is 12.9. The van der Waals surface area contributed by atoms with Crippen molar-refractivity contribution in [1.82, 2.24) is 24.7 Å². The van der Waals surface area contributed by atoms with Crippen LogP contribution in [0, 0.1) is 11.8 Å². The number of benzene rings is 2. The van der Waals surface area contributed by atoms with Crippen molar-refractivity contribution in [3.63, 3.8) is 0 Å². The molecule has 2 fully saturated rings. The number of unbranched alkanes of at least 4 members (excludes halogenated alkanes) is 1. The van der Waals surface area contributed by atoms with Crippen molar-refractivity contribution < 1.29 is 29.1 Å². The molecule has 3 aliphatic rings. The second-order valence-corrected chi connectivity index (χ2v) is 19.0. The standard InChI is InChI=1S/C28H37N3O3.C23H26N4O3/c1-27(2,3)22-17-19(18-23(25(22)33)28(4,5)6)7-8-24(32)31-15-11-20(12-16-31)26(34)30-21-9-13-29-14-10-21;28-21(25-18-7-11-24-12-8-18)17-9-15-26(16-10-17)13-3-4-14-27-22(29)19-5-1-2-6-20(19)23(27)30/h7-10,13-14,17-18,20,33H,11-12,15-16H2,1-6H3,(H,29,30,34);1-2,5-8,11-12,17H,3-4,9-10,13-16H2,(H,24,25,28). The summed E-state index contributed by atoms with van der Waals surface area (Å²) in [6.45, 7) is 16.7. The number of imide groups is 1. The van der Waals surface area contributed by atoms with Crippen molar-refractivity contribution in [2.75, 3.05) is 49.9 Å². The molecule has 5 amide bonds. The van der Waals surface area contributed by atoms with E-state index < -0.39 is 0 Å². The monoisotopic (exact) mass is 869 g/mol. The molecule has 0 spiro atoms. The van der Waals surface area contributed by atoms with E-state index in [0.717, 1.165) is 73.4 Å². The zero-order valence-electron chi connectivity index (χ0n) is 38.1. The summed E-state index contributed by atoms with van der Waals surface area (Å²) in [5.41, 5.74) is 4.72. The highest BCUT2D eigenvalue weighted by molar-refractivity contribution is 6.21. The van der Waals surface area contributed by atoms with E-state index in [-0.39, 0.29) is 52.2 Å². The Morgan fingerprint density at radius 2 is 1.11 bits per heavy atom. The number of aromatic hydroxyl groups is 1. The molecule has 2 aromatic carbocycles. The van der Waals surface area contributed by atoms with Gasteiger partial charge in [0.25, 0.3) is 11.8 Å². The van der Waals surface area contributed by atoms with Crippen LogP contribution in [0.5, 0.6) is 5.75 Å². The van der Waals surface area contributed by atoms with Gasteiger partial charge in [0.05, 0.1) is 11.1 Å². The number of amides is 5. The number of hydrogen-bond acceptors (Lipinski definition) is 9. The van der Waals surface area contributed by atoms with Gasteiger partial charge in [0.15, 0.2) is 0 Å². The number of aromatic nitrogens is 2. The maximum atomic E-state index is 12.9. The van der Waals surface area contributed by atoms with Crippen LogP contribution in [-0.2, 0) is 25.2 Å². The van der Waals surface area contributed by atoms with Crippen LogP contribution >= 0.6 is 0 Å². The van der Waals surface area contributed by atoms with E-state index in [1.807, 2.05) is 18.2 Å². The molecular formula is C51H63N7O6. The molecule has 0 atom stereocenters. The minimum atomic E-state index is -0.226. The fourth-order valence-electron chi connectivity index (χ4n) is 8.36. The van der Waals surface area contributed by atoms with Crippen molar-refractivity contribution in [1.29, 1.82) is 0 Å². The molecular weight excluding hydrogens is 807 g/mol. The maximum Gasteiger partial charge on any atom is 0.261 e. The normalized spacial score (nSPS) is 16.3. The summed E-state index contributed by atoms with van der Waals surface area (Å²) in [7, 11) is 0. The second-order valence-electron chi connectivity index (χ2n) is 19.0. The fourth-order valence-corrected chi connectivity index (χ4v) is 8.36. The molecule has 4 aromatic rings. The van der Waals surface area contributed by atoms with Crippen molar-refractivity contribution in [2.24, 2.45) is 11.8 Å². The number of nitrogens with zero attached hydrogens (tertiary/aromatic N) is 5. The molecule has 0 radical (unpaired) electrons. The molecule has 7 rings (SSSR count). The topological polar surface area (TPSA) is 165 Å². The number of fused-ring (bicyclic) bond motifs is 1. The highest BCUT2D eigenvalue weighted by Gasteiger charge is 2.35. The van der Waals surface area contributed by atoms with E-state index in [0.29, 0.717) is 49.4 Å². The lowest BCUT2D eigenvalue weighted by Crippen LogP contribution is -2.40. The Kier molecular flexibility index (Phi) is 15.5. The Balaban J connectivity index is 0.000000214. The summed E-state index contributed by atoms with van der Waals surface area (Å²) in [6.07, 6.45) is 14.7. The summed E-state index contributed by atoms with van der Waals surface area (Å²) in [5, 5.41) is 16.8. The van der Waals surface area contributed by atoms with Gasteiger partial charge in [0, 0.05) is 84.8 Å². The SMILES string of the molecule is CC(C)(C)c1cc(C=CC(=O)N2CCC(C(=O)Nc3ccncc3)CC2)cc(C(C)(C)C)c1O.O=C(Nc1ccncc1)C1CCN(CCCCN2C(=O)c3ccccc3C2=O)CC1. The lowest BCUT2D eigenvalue weighted by Gasteiger charge is -2.31. The number of carbonyl (C=O) groups is 5. The molecule has 64 heavy (non-hydrogen) atoms. The number of phenolic OH excluding ortho intramolecular Hbond substituents is 1. The third kappa shape index (κ3) is 12.3. The number of hydrogen-bond donors (Lipinski definition) is 3. The molecule has 2 aromatic heterocycles. The number of pyridine rings is 2. The number of likely N-dealkylation sites (tertiary alicyclic amines) is 2. The van der Waals surface area contributed by atoms with Gasteiger partial charge >= 0.3 is 0 Å². The molecule has 0 bridgehead atoms. The number of anilines is 2. The van der Waals surface area contributed by atoms with Crippen LogP contribution in [0.4, 0.5) is 11.4 Å². The Labute approximate surface area is 377 Å². The lowest BCUT2D eigenvalue weighted by molar-refractivity contribution is -0.130. The predicted molar refractivity (Wildman–Crippen MR) is 250 cm³/mol. The third-order valence-electron chi connectivity index (χ3n) is 12.2. The summed E-state index contributed by atoms with van der Waals surface area (Å²) < 4.78 is 0. The number of piperidine rings is 2. The van der Waals surface area contributed by atoms with Gasteiger partial charge in [-0.3, -0.25) is 38.8 Å². The molecule has 0 unspecified atom stereocenters. The van der Waals surface area contributed by atoms with Crippen LogP contribution in [0.2, 0.25) is 0 Å².